The molecule has 0 aliphatic carbocycles. The fourth-order valence-corrected chi connectivity index (χ4v) is 10.6. The van der Waals surface area contributed by atoms with Crippen LogP contribution in [0.2, 0.25) is 0 Å². The number of nitriles is 1. The number of rotatable bonds is 20. The predicted molar refractivity (Wildman–Crippen MR) is 496 cm³/mol. The van der Waals surface area contributed by atoms with Crippen molar-refractivity contribution in [3.05, 3.63) is 390 Å². The van der Waals surface area contributed by atoms with E-state index in [-0.39, 0.29) is 16.8 Å². The SMILES string of the molecule is C.CCCO[n+]1ccc2ccccc2c1.CCO[n+]1ccccc1-c1ccccc1.CO[n+]1ccc(-c2ccccc2)cc1.CO[n+]1cccc(-c2ccccc2)c1.CO[n+]1cccc(C#N)c1.CO[n+]1cccc2ccccc21.FB(F)F.FB(F)F.F[P-](F)(F)(F)(F)F.F[P-](F)(F)(F)(F)F.F[P-](F)(F)(F)(F)F.F[P-](F)(F)(F)(F)F.[F-].[F-].c1ccc(-c2cc[n+](OCCCO[n+]3ccc(-c4ccccc4)cc3)cc2)cc1. The fourth-order valence-electron chi connectivity index (χ4n) is 10.6. The summed E-state index contributed by atoms with van der Waals surface area (Å²) < 4.78 is 308. The van der Waals surface area contributed by atoms with Gasteiger partial charge in [-0.25, -0.2) is 0 Å². The van der Waals surface area contributed by atoms with Crippen LogP contribution in [-0.4, -0.2) is 70.0 Å². The van der Waals surface area contributed by atoms with Gasteiger partial charge in [-0.2, -0.15) is 5.26 Å². The van der Waals surface area contributed by atoms with Crippen LogP contribution in [0.15, 0.2) is 384 Å². The zero-order valence-corrected chi connectivity index (χ0v) is 80.5. The van der Waals surface area contributed by atoms with Gasteiger partial charge in [0.2, 0.25) is 86.8 Å². The van der Waals surface area contributed by atoms with Crippen molar-refractivity contribution in [1.82, 2.24) is 0 Å². The third-order valence-electron chi connectivity index (χ3n) is 16.1. The monoisotopic (exact) mass is 2210 g/mol. The topological polar surface area (TPSA) is 129 Å². The van der Waals surface area contributed by atoms with E-state index in [0.29, 0.717) is 25.4 Å². The summed E-state index contributed by atoms with van der Waals surface area (Å²) in [5.74, 6) is 0. The van der Waals surface area contributed by atoms with Crippen molar-refractivity contribution in [2.45, 2.75) is 34.1 Å². The molecule has 17 nitrogen and oxygen atoms in total. The molecule has 15 aromatic rings. The van der Waals surface area contributed by atoms with Crippen molar-refractivity contribution in [3.63, 3.8) is 0 Å². The summed E-state index contributed by atoms with van der Waals surface area (Å²) >= 11 is 0. The average molecular weight is 2210 g/mol. The second-order valence-corrected chi connectivity index (χ2v) is 35.4. The van der Waals surface area contributed by atoms with Gasteiger partial charge in [-0.15, -0.1) is 0 Å². The van der Waals surface area contributed by atoms with Gasteiger partial charge < -0.3 is 9.41 Å². The molecule has 0 unspecified atom stereocenters. The largest absolute Gasteiger partial charge is 1.00 e. The van der Waals surface area contributed by atoms with E-state index < -0.39 is 46.3 Å². The molecule has 55 heteroatoms. The molecule has 8 heterocycles. The Morgan fingerprint density at radius 2 is 0.544 bits per heavy atom. The van der Waals surface area contributed by atoms with Crippen LogP contribution in [0.3, 0.4) is 0 Å². The third kappa shape index (κ3) is 74.3. The molecule has 0 amide bonds. The van der Waals surface area contributed by atoms with Gasteiger partial charge in [0, 0.05) is 123 Å². The number of hydrogen-bond donors (Lipinski definition) is 0. The van der Waals surface area contributed by atoms with Gasteiger partial charge in [-0.05, 0) is 106 Å². The molecular weight excluding hydrogens is 2110 g/mol. The minimum absolute atomic E-state index is 0. The van der Waals surface area contributed by atoms with E-state index in [1.165, 1.54) is 59.8 Å². The molecule has 0 saturated heterocycles. The van der Waals surface area contributed by atoms with Gasteiger partial charge in [0.05, 0.1) is 21.9 Å². The molecule has 8 aromatic heterocycles. The maximum absolute atomic E-state index is 10.7. The predicted octanol–water partition coefficient (Wildman–Crippen LogP) is 22.0. The number of halogens is 32. The number of aromatic nitrogens is 8. The van der Waals surface area contributed by atoms with Gasteiger partial charge in [-0.1, -0.05) is 184 Å². The maximum Gasteiger partial charge on any atom is 0.223 e. The summed E-state index contributed by atoms with van der Waals surface area (Å²) in [4.78, 5) is 42.5. The van der Waals surface area contributed by atoms with Crippen molar-refractivity contribution < 1.29 is 213 Å². The molecule has 0 bridgehead atoms. The Bertz CT molecular complexity index is 6070. The number of para-hydroxylation sites is 1. The van der Waals surface area contributed by atoms with Crippen molar-refractivity contribution in [2.75, 3.05) is 54.9 Å². The van der Waals surface area contributed by atoms with E-state index in [4.69, 9.17) is 44.0 Å². The van der Waals surface area contributed by atoms with E-state index in [1.54, 1.807) is 86.1 Å². The van der Waals surface area contributed by atoms with E-state index >= 15 is 0 Å². The first-order valence-electron chi connectivity index (χ1n) is 40.9. The van der Waals surface area contributed by atoms with Crippen LogP contribution in [0, 0.1) is 11.3 Å². The minimum Gasteiger partial charge on any atom is -1.00 e. The summed E-state index contributed by atoms with van der Waals surface area (Å²) in [6, 6.07) is 102. The molecule has 0 radical (unpaired) electrons. The summed E-state index contributed by atoms with van der Waals surface area (Å²) in [5.41, 5.74) is 13.4. The molecule has 806 valence electrons. The van der Waals surface area contributed by atoms with E-state index in [1.807, 2.05) is 251 Å². The quantitative estimate of drug-likeness (QED) is 0.0241. The van der Waals surface area contributed by atoms with Crippen molar-refractivity contribution in [1.29, 1.82) is 5.26 Å². The molecule has 0 aliphatic heterocycles. The van der Waals surface area contributed by atoms with Crippen molar-refractivity contribution in [2.24, 2.45) is 0 Å². The van der Waals surface area contributed by atoms with Gasteiger partial charge in [0.25, 0.3) is 11.2 Å². The molecule has 147 heavy (non-hydrogen) atoms. The van der Waals surface area contributed by atoms with E-state index in [9.17, 15) is 127 Å². The fraction of sp³-hybridized carbons (Fsp3) is 0.141. The molecule has 0 spiro atoms. The second kappa shape index (κ2) is 57.0. The Hall–Kier alpha value is -14.2. The molecule has 0 saturated carbocycles. The van der Waals surface area contributed by atoms with Gasteiger partial charge in [0.15, 0.2) is 26.4 Å². The second-order valence-electron chi connectivity index (χ2n) is 27.8. The van der Waals surface area contributed by atoms with Gasteiger partial charge in [-0.3, -0.25) is 64.6 Å². The van der Waals surface area contributed by atoms with Crippen molar-refractivity contribution >= 4 is 68.0 Å². The Kier molecular flexibility index (Phi) is 51.5. The van der Waals surface area contributed by atoms with Crippen LogP contribution in [0.1, 0.15) is 39.7 Å². The zero-order chi connectivity index (χ0) is 108. The van der Waals surface area contributed by atoms with Gasteiger partial charge >= 0.3 is 147 Å². The molecule has 7 aromatic carbocycles. The van der Waals surface area contributed by atoms with Crippen LogP contribution in [0.25, 0.3) is 77.4 Å². The Labute approximate surface area is 822 Å². The standard InChI is InChI=1S/C25H24N2O2.C13H14NO.2C12H12NO.C12H14NO.C10H10NO.C7H7N2O.CH4.2BF3.4F6P.2FH/c1-3-8-22(9-4-1)24-12-16-26(17-13-24)28-20-7-21-29-27-18-14-25(15-19-27)23-10-5-2-6-11-23;1-2-15-14-11-7-6-10-13(14)12-8-4-3-5-9-12;1-14-13-9-5-8-12(10-13)11-6-3-2-4-7-11;1-14-13-9-7-12(8-10-13)11-5-3-2-4-6-11;1-2-9-14-13-8-7-11-5-3-4-6-12(11)10-13;1-12-11-8-4-6-9-5-2-3-7-10(9)11;1-10-9-4-2-3-7(5-8)6-9;;2*2-1(3)4;4*1-7(2,3,4,5)6;;/h1-6,8-19H,7,20-21H2;3-11H,2H2,1H3;2*2-10H,1H3;3-8,10H,2,9H2,1H3;2-8H,1H3;2-4,6H,1H3;1H4;;;;;;;2*1H/q+2;6*+1;;;;4*-1;;/p-2. The number of fused-ring (bicyclic) bond motifs is 2. The smallest absolute Gasteiger partial charge is 0.223 e. The number of pyridine rings is 8. The van der Waals surface area contributed by atoms with Crippen LogP contribution in [0.4, 0.5) is 127 Å². The van der Waals surface area contributed by atoms with E-state index in [2.05, 4.69) is 128 Å². The van der Waals surface area contributed by atoms with Gasteiger partial charge in [0.1, 0.15) is 40.1 Å². The molecule has 0 atom stereocenters. The Morgan fingerprint density at radius 1 is 0.259 bits per heavy atom. The molecule has 0 aliphatic rings. The molecule has 0 fully saturated rings. The first-order chi connectivity index (χ1) is 66.5. The summed E-state index contributed by atoms with van der Waals surface area (Å²) in [6.07, 6.45) is 28.2. The average Bonchev–Trinajstić information content (AvgIpc) is 0.795. The summed E-state index contributed by atoms with van der Waals surface area (Å²) in [5, 5.41) is 12.1. The molecular formula is C92H97B2F32N9O8P4+2. The minimum atomic E-state index is -10.7. The maximum atomic E-state index is 9.87. The number of nitrogens with zero attached hydrogens (tertiary/aromatic N) is 9. The zero-order valence-electron chi connectivity index (χ0n) is 76.9. The third-order valence-corrected chi connectivity index (χ3v) is 16.1. The van der Waals surface area contributed by atoms with Crippen molar-refractivity contribution in [3.8, 4) is 61.8 Å². The van der Waals surface area contributed by atoms with Crippen LogP contribution in [-0.2, 0) is 0 Å². The Morgan fingerprint density at radius 3 is 0.912 bits per heavy atom. The first kappa shape index (κ1) is 133. The first-order valence-corrected chi connectivity index (χ1v) is 49.0. The molecule has 0 N–H and O–H groups in total. The summed E-state index contributed by atoms with van der Waals surface area (Å²) in [6.45, 7) is 6.66. The Balaban J connectivity index is 0.00000163. The van der Waals surface area contributed by atoms with Crippen LogP contribution < -0.4 is 86.0 Å². The van der Waals surface area contributed by atoms with Crippen LogP contribution >= 0.6 is 31.2 Å². The number of benzene rings is 7. The van der Waals surface area contributed by atoms with Crippen LogP contribution in [0.5, 0.6) is 0 Å². The normalized spacial score (nSPS) is 12.1. The number of hydrogen-bond acceptors (Lipinski definition) is 9. The van der Waals surface area contributed by atoms with E-state index in [0.717, 1.165) is 41.8 Å². The molecule has 15 rings (SSSR count). The summed E-state index contributed by atoms with van der Waals surface area (Å²) in [7, 11) is -43.5.